The molecule has 4 aliphatic carbocycles. The fraction of sp³-hybridized carbons (Fsp3) is 0.227. The van der Waals surface area contributed by atoms with Gasteiger partial charge in [0.2, 0.25) is 0 Å². The summed E-state index contributed by atoms with van der Waals surface area (Å²) in [6, 6.07) is 41.4. The van der Waals surface area contributed by atoms with Gasteiger partial charge >= 0.3 is 287 Å². The molecule has 6 aromatic rings. The smallest absolute Gasteiger partial charge is 0.147 e. The van der Waals surface area contributed by atoms with Crippen molar-refractivity contribution >= 4 is 64.2 Å². The molecule has 4 aliphatic rings. The van der Waals surface area contributed by atoms with Crippen molar-refractivity contribution in [1.29, 1.82) is 0 Å². The van der Waals surface area contributed by atoms with Crippen LogP contribution in [0.5, 0.6) is 0 Å². The first-order valence-corrected chi connectivity index (χ1v) is 26.6. The van der Waals surface area contributed by atoms with Gasteiger partial charge in [-0.2, -0.15) is 0 Å². The van der Waals surface area contributed by atoms with E-state index in [1.54, 1.807) is 16.7 Å². The van der Waals surface area contributed by atoms with Crippen LogP contribution < -0.4 is 0 Å². The van der Waals surface area contributed by atoms with Crippen LogP contribution in [0.2, 0.25) is 13.1 Å². The number of H-pyrrole nitrogens is 1. The van der Waals surface area contributed by atoms with Gasteiger partial charge < -0.3 is 0 Å². The van der Waals surface area contributed by atoms with Gasteiger partial charge in [-0.15, -0.1) is 24.8 Å². The maximum atomic E-state index is 3.82. The molecule has 1 nitrogen and oxygen atoms in total. The predicted octanol–water partition coefficient (Wildman–Crippen LogP) is 12.8. The molecule has 1 heterocycles. The molecule has 2 atom stereocenters. The van der Waals surface area contributed by atoms with E-state index in [-0.39, 0.29) is 24.8 Å². The molecule has 2 saturated carbocycles. The zero-order chi connectivity index (χ0) is 31.2. The number of rotatable bonds is 6. The van der Waals surface area contributed by atoms with Gasteiger partial charge in [0, 0.05) is 0 Å². The Hall–Kier alpha value is -2.94. The van der Waals surface area contributed by atoms with Crippen LogP contribution in [0.25, 0.3) is 56.2 Å². The van der Waals surface area contributed by atoms with E-state index in [1.165, 1.54) is 75.3 Å². The summed E-state index contributed by atoms with van der Waals surface area (Å²) in [7, 11) is 0. The van der Waals surface area contributed by atoms with E-state index in [0.29, 0.717) is 7.25 Å². The zero-order valence-corrected chi connectivity index (χ0v) is 33.1. The summed E-state index contributed by atoms with van der Waals surface area (Å²) < 4.78 is 1.38. The molecular formula is C44H41Cl2NSiZr. The van der Waals surface area contributed by atoms with Crippen molar-refractivity contribution in [2.24, 2.45) is 11.8 Å². The summed E-state index contributed by atoms with van der Waals surface area (Å²) in [5.41, 5.74) is 17.6. The number of nitrogens with one attached hydrogen (secondary N) is 1. The van der Waals surface area contributed by atoms with Crippen LogP contribution in [0, 0.1) is 11.8 Å². The summed E-state index contributed by atoms with van der Waals surface area (Å²) >= 11 is -2.21. The summed E-state index contributed by atoms with van der Waals surface area (Å²) in [6.07, 6.45) is 10.9. The average Bonchev–Trinajstić information content (AvgIpc) is 4.03. The van der Waals surface area contributed by atoms with Gasteiger partial charge in [-0.05, 0) is 0 Å². The van der Waals surface area contributed by atoms with Crippen LogP contribution in [0.4, 0.5) is 0 Å². The minimum atomic E-state index is -2.21. The van der Waals surface area contributed by atoms with Crippen LogP contribution >= 0.6 is 24.8 Å². The molecule has 5 heteroatoms. The van der Waals surface area contributed by atoms with Crippen molar-refractivity contribution < 1.29 is 20.4 Å². The van der Waals surface area contributed by atoms with E-state index in [9.17, 15) is 0 Å². The minimum absolute atomic E-state index is 0. The van der Waals surface area contributed by atoms with Crippen molar-refractivity contribution in [1.82, 2.24) is 4.98 Å². The van der Waals surface area contributed by atoms with E-state index in [2.05, 4.69) is 139 Å². The molecule has 2 fully saturated rings. The average molecular weight is 774 g/mol. The fourth-order valence-corrected chi connectivity index (χ4v) is 29.6. The third kappa shape index (κ3) is 5.43. The summed E-state index contributed by atoms with van der Waals surface area (Å²) in [6.45, 7) is 5.39. The molecule has 0 aliphatic heterocycles. The second kappa shape index (κ2) is 13.0. The number of para-hydroxylation sites is 2. The second-order valence-corrected chi connectivity index (χ2v) is 32.4. The molecule has 0 bridgehead atoms. The second-order valence-electron chi connectivity index (χ2n) is 14.5. The van der Waals surface area contributed by atoms with E-state index >= 15 is 0 Å². The number of benzene rings is 5. The molecule has 5 aromatic carbocycles. The third-order valence-electron chi connectivity index (χ3n) is 11.4. The molecular weight excluding hydrogens is 733 g/mol. The molecule has 49 heavy (non-hydrogen) atoms. The van der Waals surface area contributed by atoms with Crippen LogP contribution in [0.15, 0.2) is 120 Å². The number of fused-ring (bicyclic) bond motifs is 5. The van der Waals surface area contributed by atoms with E-state index in [4.69, 9.17) is 0 Å². The molecule has 1 N–H and O–H groups in total. The van der Waals surface area contributed by atoms with Gasteiger partial charge in [0.25, 0.3) is 0 Å². The Morgan fingerprint density at radius 2 is 1.08 bits per heavy atom. The molecule has 244 valence electrons. The Kier molecular flexibility index (Phi) is 8.81. The van der Waals surface area contributed by atoms with Crippen molar-refractivity contribution in [2.75, 3.05) is 0 Å². The zero-order valence-electron chi connectivity index (χ0n) is 28.0. The summed E-state index contributed by atoms with van der Waals surface area (Å²) in [4.78, 5) is 3.82. The Labute approximate surface area is 310 Å². The number of allylic oxidation sites excluding steroid dienone is 2. The number of aromatic nitrogens is 1. The fourth-order valence-electron chi connectivity index (χ4n) is 9.03. The normalized spacial score (nSPS) is 19.1. The number of hydrogen-bond acceptors (Lipinski definition) is 0. The first-order chi connectivity index (χ1) is 23.2. The topological polar surface area (TPSA) is 15.8 Å². The standard InChI is InChI=1S/C24H18N.C18H15.C2H6Si.2ClH.Zr/c1-2-10-23-19(6-1)21-9-4-8-20(24(21)25-23)18-7-3-5-16-13-17(14-22(16)18)15-11-12-15;1-2-5-14(6-3-1)17-8-4-7-15-11-16(12-18(15)17)13-9-10-13;1-3-2;;;/h1-10,13-15,25H,11-12H2;1-8,11-13H,9-10H2;1-2H3;2*1H;. The monoisotopic (exact) mass is 771 g/mol. The third-order valence-corrected chi connectivity index (χ3v) is 30.7. The van der Waals surface area contributed by atoms with Crippen molar-refractivity contribution in [2.45, 2.75) is 46.0 Å². The molecule has 0 radical (unpaired) electrons. The maximum Gasteiger partial charge on any atom is -0.147 e. The van der Waals surface area contributed by atoms with Crippen LogP contribution in [-0.2, 0) is 20.4 Å². The van der Waals surface area contributed by atoms with Crippen LogP contribution in [-0.4, -0.2) is 10.4 Å². The van der Waals surface area contributed by atoms with Gasteiger partial charge in [0.1, 0.15) is 0 Å². The first-order valence-electron chi connectivity index (χ1n) is 17.6. The largest absolute Gasteiger partial charge is 0.147 e. The van der Waals surface area contributed by atoms with Gasteiger partial charge in [-0.3, -0.25) is 0 Å². The van der Waals surface area contributed by atoms with E-state index < -0.39 is 25.8 Å². The molecule has 0 spiro atoms. The molecule has 0 saturated heterocycles. The molecule has 1 aromatic heterocycles. The van der Waals surface area contributed by atoms with Gasteiger partial charge in [-0.25, -0.2) is 0 Å². The first kappa shape index (κ1) is 33.2. The molecule has 10 rings (SSSR count). The van der Waals surface area contributed by atoms with Gasteiger partial charge in [-0.1, -0.05) is 0 Å². The van der Waals surface area contributed by atoms with Crippen molar-refractivity contribution in [3.63, 3.8) is 0 Å². The Morgan fingerprint density at radius 3 is 1.71 bits per heavy atom. The van der Waals surface area contributed by atoms with E-state index in [0.717, 1.165) is 11.8 Å². The maximum absolute atomic E-state index is 3.82. The minimum Gasteiger partial charge on any atom is -0.147 e. The molecule has 0 amide bonds. The Morgan fingerprint density at radius 1 is 0.551 bits per heavy atom. The van der Waals surface area contributed by atoms with Crippen LogP contribution in [0.3, 0.4) is 0 Å². The summed E-state index contributed by atoms with van der Waals surface area (Å²) in [5.74, 6) is 1.58. The van der Waals surface area contributed by atoms with Gasteiger partial charge in [0.05, 0.1) is 0 Å². The Balaban J connectivity index is 0.00000174. The SMILES string of the molecule is C[Si](C)=[Zr]([CH]1C(C2CC2)=Cc2c(-c3ccccc3)cccc21)[CH]1C(C2CC2)=Cc2c(-c3cccc4c3[nH]c3ccccc34)cccc21.Cl.Cl. The predicted molar refractivity (Wildman–Crippen MR) is 212 cm³/mol. The number of halogens is 2. The Bertz CT molecular complexity index is 2360. The number of aromatic amines is 1. The van der Waals surface area contributed by atoms with Crippen LogP contribution in [0.1, 0.15) is 55.2 Å². The quantitative estimate of drug-likeness (QED) is 0.162. The number of hydrogen-bond donors (Lipinski definition) is 1. The van der Waals surface area contributed by atoms with E-state index in [1.807, 2.05) is 11.1 Å². The van der Waals surface area contributed by atoms with Crippen molar-refractivity contribution in [3.05, 3.63) is 143 Å². The van der Waals surface area contributed by atoms with Crippen molar-refractivity contribution in [3.8, 4) is 22.3 Å². The van der Waals surface area contributed by atoms with Gasteiger partial charge in [0.15, 0.2) is 0 Å². The molecule has 2 unspecified atom stereocenters. The summed E-state index contributed by atoms with van der Waals surface area (Å²) in [5, 5.41) is 2.65.